The molecule has 1 fully saturated rings. The number of urea groups is 1. The molecule has 17 heavy (non-hydrogen) atoms. The summed E-state index contributed by atoms with van der Waals surface area (Å²) in [5, 5.41) is 3.14. The van der Waals surface area contributed by atoms with Crippen LogP contribution in [0.5, 0.6) is 0 Å². The maximum atomic E-state index is 12.2. The van der Waals surface area contributed by atoms with Crippen LogP contribution >= 0.6 is 0 Å². The molecule has 4 nitrogen and oxygen atoms in total. The van der Waals surface area contributed by atoms with Crippen LogP contribution in [0, 0.1) is 0 Å². The molecule has 4 heteroatoms. The highest BCUT2D eigenvalue weighted by atomic mass is 16.2. The summed E-state index contributed by atoms with van der Waals surface area (Å²) in [7, 11) is 0. The fourth-order valence-electron chi connectivity index (χ4n) is 2.65. The van der Waals surface area contributed by atoms with Crippen molar-refractivity contribution in [3.63, 3.8) is 0 Å². The van der Waals surface area contributed by atoms with Crippen LogP contribution < -0.4 is 11.1 Å². The van der Waals surface area contributed by atoms with Crippen molar-refractivity contribution in [1.82, 2.24) is 10.2 Å². The van der Waals surface area contributed by atoms with Gasteiger partial charge in [-0.1, -0.05) is 26.7 Å². The van der Waals surface area contributed by atoms with E-state index in [1.54, 1.807) is 0 Å². The molecule has 1 saturated carbocycles. The van der Waals surface area contributed by atoms with Crippen LogP contribution in [0.3, 0.4) is 0 Å². The molecule has 0 atom stereocenters. The van der Waals surface area contributed by atoms with Crippen LogP contribution in [0.15, 0.2) is 0 Å². The monoisotopic (exact) mass is 241 g/mol. The van der Waals surface area contributed by atoms with Crippen LogP contribution in [0.1, 0.15) is 52.4 Å². The van der Waals surface area contributed by atoms with Crippen LogP contribution in [-0.4, -0.2) is 36.1 Å². The molecule has 0 aromatic rings. The van der Waals surface area contributed by atoms with E-state index in [9.17, 15) is 4.79 Å². The highest BCUT2D eigenvalue weighted by Crippen LogP contribution is 2.18. The minimum absolute atomic E-state index is 0.0797. The van der Waals surface area contributed by atoms with E-state index in [1.165, 1.54) is 12.8 Å². The van der Waals surface area contributed by atoms with Crippen molar-refractivity contribution in [2.24, 2.45) is 5.73 Å². The summed E-state index contributed by atoms with van der Waals surface area (Å²) >= 11 is 0. The van der Waals surface area contributed by atoms with Gasteiger partial charge in [0.15, 0.2) is 0 Å². The molecular formula is C13H27N3O. The Morgan fingerprint density at radius 1 is 1.35 bits per heavy atom. The second-order valence-electron chi connectivity index (χ2n) is 4.88. The van der Waals surface area contributed by atoms with Crippen molar-refractivity contribution < 1.29 is 4.79 Å². The third-order valence-electron chi connectivity index (χ3n) is 3.70. The average molecular weight is 241 g/mol. The number of hydrogen-bond acceptors (Lipinski definition) is 2. The first-order valence-corrected chi connectivity index (χ1v) is 7.00. The molecule has 0 radical (unpaired) electrons. The van der Waals surface area contributed by atoms with E-state index in [2.05, 4.69) is 19.2 Å². The molecule has 0 aliphatic heterocycles. The summed E-state index contributed by atoms with van der Waals surface area (Å²) in [6.07, 6.45) is 6.74. The van der Waals surface area contributed by atoms with E-state index in [-0.39, 0.29) is 6.03 Å². The minimum Gasteiger partial charge on any atom is -0.335 e. The summed E-state index contributed by atoms with van der Waals surface area (Å²) in [4.78, 5) is 14.1. The highest BCUT2D eigenvalue weighted by molar-refractivity contribution is 5.75. The van der Waals surface area contributed by atoms with Crippen molar-refractivity contribution >= 4 is 6.03 Å². The van der Waals surface area contributed by atoms with Crippen molar-refractivity contribution in [2.75, 3.05) is 13.1 Å². The van der Waals surface area contributed by atoms with E-state index in [1.807, 2.05) is 4.90 Å². The molecule has 0 saturated heterocycles. The van der Waals surface area contributed by atoms with Crippen molar-refractivity contribution in [3.8, 4) is 0 Å². The standard InChI is InChI=1S/C13H27N3O/c1-3-12(4-2)16(10-9-14)13(17)15-11-7-5-6-8-11/h11-12H,3-10,14H2,1-2H3,(H,15,17). The molecule has 0 bridgehead atoms. The van der Waals surface area contributed by atoms with E-state index < -0.39 is 0 Å². The van der Waals surface area contributed by atoms with Gasteiger partial charge in [-0.2, -0.15) is 0 Å². The topological polar surface area (TPSA) is 58.4 Å². The number of rotatable bonds is 6. The van der Waals surface area contributed by atoms with Crippen molar-refractivity contribution in [3.05, 3.63) is 0 Å². The lowest BCUT2D eigenvalue weighted by Crippen LogP contribution is -2.50. The van der Waals surface area contributed by atoms with Gasteiger partial charge in [0.1, 0.15) is 0 Å². The Balaban J connectivity index is 2.52. The normalized spacial score (nSPS) is 16.5. The summed E-state index contributed by atoms with van der Waals surface area (Å²) in [6, 6.07) is 0.785. The smallest absolute Gasteiger partial charge is 0.317 e. The van der Waals surface area contributed by atoms with Gasteiger partial charge < -0.3 is 16.0 Å². The van der Waals surface area contributed by atoms with Gasteiger partial charge in [0.2, 0.25) is 0 Å². The van der Waals surface area contributed by atoms with E-state index in [4.69, 9.17) is 5.73 Å². The summed E-state index contributed by atoms with van der Waals surface area (Å²) in [5.74, 6) is 0. The Morgan fingerprint density at radius 2 is 1.94 bits per heavy atom. The van der Waals surface area contributed by atoms with Gasteiger partial charge in [-0.3, -0.25) is 0 Å². The second kappa shape index (κ2) is 7.54. The number of carbonyl (C=O) groups excluding carboxylic acids is 1. The Morgan fingerprint density at radius 3 is 2.41 bits per heavy atom. The SMILES string of the molecule is CCC(CC)N(CCN)C(=O)NC1CCCC1. The molecule has 0 aromatic heterocycles. The molecular weight excluding hydrogens is 214 g/mol. The molecule has 100 valence electrons. The van der Waals surface area contributed by atoms with Crippen LogP contribution in [0.4, 0.5) is 4.79 Å². The van der Waals surface area contributed by atoms with Gasteiger partial charge in [-0.05, 0) is 25.7 Å². The van der Waals surface area contributed by atoms with E-state index >= 15 is 0 Å². The summed E-state index contributed by atoms with van der Waals surface area (Å²) in [5.41, 5.74) is 5.60. The molecule has 0 spiro atoms. The number of nitrogens with zero attached hydrogens (tertiary/aromatic N) is 1. The highest BCUT2D eigenvalue weighted by Gasteiger charge is 2.24. The lowest BCUT2D eigenvalue weighted by molar-refractivity contribution is 0.168. The Labute approximate surface area is 105 Å². The van der Waals surface area contributed by atoms with Gasteiger partial charge in [-0.15, -0.1) is 0 Å². The second-order valence-corrected chi connectivity index (χ2v) is 4.88. The predicted molar refractivity (Wildman–Crippen MR) is 70.9 cm³/mol. The summed E-state index contributed by atoms with van der Waals surface area (Å²) < 4.78 is 0. The molecule has 2 amide bonds. The van der Waals surface area contributed by atoms with Crippen molar-refractivity contribution in [1.29, 1.82) is 0 Å². The third-order valence-corrected chi connectivity index (χ3v) is 3.70. The van der Waals surface area contributed by atoms with Crippen LogP contribution in [0.2, 0.25) is 0 Å². The van der Waals surface area contributed by atoms with E-state index in [0.717, 1.165) is 25.7 Å². The third kappa shape index (κ3) is 4.19. The first kappa shape index (κ1) is 14.3. The Hall–Kier alpha value is -0.770. The van der Waals surface area contributed by atoms with Gasteiger partial charge in [-0.25, -0.2) is 4.79 Å². The van der Waals surface area contributed by atoms with Crippen molar-refractivity contribution in [2.45, 2.75) is 64.5 Å². The molecule has 0 aromatic carbocycles. The largest absolute Gasteiger partial charge is 0.335 e. The number of hydrogen-bond donors (Lipinski definition) is 2. The van der Waals surface area contributed by atoms with Crippen LogP contribution in [-0.2, 0) is 0 Å². The van der Waals surface area contributed by atoms with Gasteiger partial charge >= 0.3 is 6.03 Å². The number of nitrogens with one attached hydrogen (secondary N) is 1. The number of carbonyl (C=O) groups is 1. The quantitative estimate of drug-likeness (QED) is 0.748. The van der Waals surface area contributed by atoms with Crippen LogP contribution in [0.25, 0.3) is 0 Å². The molecule has 1 aliphatic carbocycles. The molecule has 1 aliphatic rings. The number of amides is 2. The summed E-state index contributed by atoms with van der Waals surface area (Å²) in [6.45, 7) is 5.44. The number of nitrogens with two attached hydrogens (primary N) is 1. The zero-order chi connectivity index (χ0) is 12.7. The maximum absolute atomic E-state index is 12.2. The van der Waals surface area contributed by atoms with Gasteiger partial charge in [0.05, 0.1) is 0 Å². The lowest BCUT2D eigenvalue weighted by atomic mass is 10.1. The lowest BCUT2D eigenvalue weighted by Gasteiger charge is -2.31. The average Bonchev–Trinajstić information content (AvgIpc) is 2.82. The molecule has 0 unspecified atom stereocenters. The molecule has 1 rings (SSSR count). The fraction of sp³-hybridized carbons (Fsp3) is 0.923. The first-order chi connectivity index (χ1) is 8.22. The van der Waals surface area contributed by atoms with E-state index in [0.29, 0.717) is 25.2 Å². The zero-order valence-corrected chi connectivity index (χ0v) is 11.2. The van der Waals surface area contributed by atoms with Gasteiger partial charge in [0, 0.05) is 25.2 Å². The Kier molecular flexibility index (Phi) is 6.34. The zero-order valence-electron chi connectivity index (χ0n) is 11.2. The molecule has 0 heterocycles. The molecule has 3 N–H and O–H groups in total. The Bertz CT molecular complexity index is 223. The first-order valence-electron chi connectivity index (χ1n) is 7.00. The maximum Gasteiger partial charge on any atom is 0.317 e. The minimum atomic E-state index is 0.0797. The predicted octanol–water partition coefficient (Wildman–Crippen LogP) is 2.09. The fourth-order valence-corrected chi connectivity index (χ4v) is 2.65. The van der Waals surface area contributed by atoms with Gasteiger partial charge in [0.25, 0.3) is 0 Å².